The Bertz CT molecular complexity index is 793. The maximum absolute atomic E-state index is 13.7. The Morgan fingerprint density at radius 1 is 1.00 bits per heavy atom. The van der Waals surface area contributed by atoms with E-state index in [1.54, 1.807) is 0 Å². The molecular weight excluding hydrogens is 441 g/mol. The second-order valence-electron chi connectivity index (χ2n) is 8.71. The average molecular weight is 481 g/mol. The Kier molecular flexibility index (Phi) is 11.7. The van der Waals surface area contributed by atoms with Crippen LogP contribution in [0.3, 0.4) is 0 Å². The summed E-state index contributed by atoms with van der Waals surface area (Å²) in [5.74, 6) is 0.493. The van der Waals surface area contributed by atoms with Crippen LogP contribution < -0.4 is 5.32 Å². The van der Waals surface area contributed by atoms with Gasteiger partial charge < -0.3 is 10.2 Å². The van der Waals surface area contributed by atoms with Gasteiger partial charge in [-0.15, -0.1) is 24.8 Å². The lowest BCUT2D eigenvalue weighted by molar-refractivity contribution is -0.139. The minimum atomic E-state index is -0.0361. The van der Waals surface area contributed by atoms with Crippen molar-refractivity contribution in [3.63, 3.8) is 0 Å². The number of nitrogens with zero attached hydrogens (tertiary/aromatic N) is 2. The van der Waals surface area contributed by atoms with Gasteiger partial charge in [-0.1, -0.05) is 67.6 Å². The molecule has 4 nitrogen and oxygen atoms in total. The topological polar surface area (TPSA) is 35.6 Å². The van der Waals surface area contributed by atoms with E-state index in [1.165, 1.54) is 11.1 Å². The van der Waals surface area contributed by atoms with Crippen molar-refractivity contribution in [1.29, 1.82) is 0 Å². The second kappa shape index (κ2) is 13.2. The molecule has 0 unspecified atom stereocenters. The van der Waals surface area contributed by atoms with Crippen LogP contribution in [0.2, 0.25) is 0 Å². The molecule has 2 atom stereocenters. The second-order valence-corrected chi connectivity index (χ2v) is 8.71. The molecule has 3 rings (SSSR count). The number of carbonyl (C=O) groups excluding carboxylic acids is 1. The van der Waals surface area contributed by atoms with Crippen LogP contribution >= 0.6 is 24.8 Å². The van der Waals surface area contributed by atoms with Gasteiger partial charge in [-0.05, 0) is 57.5 Å². The van der Waals surface area contributed by atoms with Crippen LogP contribution in [-0.2, 0) is 10.3 Å². The number of benzene rings is 2. The van der Waals surface area contributed by atoms with Crippen LogP contribution in [0.5, 0.6) is 0 Å². The summed E-state index contributed by atoms with van der Waals surface area (Å²) in [4.78, 5) is 18.1. The summed E-state index contributed by atoms with van der Waals surface area (Å²) in [7, 11) is 6.27. The smallest absolute Gasteiger partial charge is 0.227 e. The fourth-order valence-electron chi connectivity index (χ4n) is 5.15. The first-order valence-electron chi connectivity index (χ1n) is 11.2. The quantitative estimate of drug-likeness (QED) is 0.582. The predicted molar refractivity (Wildman–Crippen MR) is 139 cm³/mol. The van der Waals surface area contributed by atoms with Gasteiger partial charge in [0, 0.05) is 25.2 Å². The molecule has 2 aromatic carbocycles. The van der Waals surface area contributed by atoms with Gasteiger partial charge in [0.25, 0.3) is 0 Å². The first-order valence-corrected chi connectivity index (χ1v) is 11.2. The molecule has 178 valence electrons. The largest absolute Gasteiger partial charge is 0.342 e. The highest BCUT2D eigenvalue weighted by Gasteiger charge is 2.41. The number of hydrogen-bond donors (Lipinski definition) is 1. The lowest BCUT2D eigenvalue weighted by atomic mass is 9.78. The first kappa shape index (κ1) is 28.4. The molecule has 6 heteroatoms. The number of halogens is 2. The molecule has 0 spiro atoms. The van der Waals surface area contributed by atoms with Crippen LogP contribution in [0.25, 0.3) is 0 Å². The summed E-state index contributed by atoms with van der Waals surface area (Å²) in [5.41, 5.74) is 2.61. The molecule has 1 aliphatic rings. The molecule has 1 heterocycles. The highest BCUT2D eigenvalue weighted by Crippen LogP contribution is 2.38. The van der Waals surface area contributed by atoms with E-state index in [2.05, 4.69) is 90.7 Å². The van der Waals surface area contributed by atoms with E-state index >= 15 is 0 Å². The maximum atomic E-state index is 13.7. The Morgan fingerprint density at radius 3 is 2.00 bits per heavy atom. The molecule has 0 bridgehead atoms. The molecule has 1 fully saturated rings. The van der Waals surface area contributed by atoms with Crippen molar-refractivity contribution in [3.8, 4) is 0 Å². The van der Waals surface area contributed by atoms with E-state index < -0.39 is 0 Å². The van der Waals surface area contributed by atoms with Gasteiger partial charge >= 0.3 is 0 Å². The van der Waals surface area contributed by atoms with Gasteiger partial charge in [0.2, 0.25) is 5.91 Å². The van der Waals surface area contributed by atoms with Gasteiger partial charge in [0.15, 0.2) is 0 Å². The van der Waals surface area contributed by atoms with Gasteiger partial charge in [0.1, 0.15) is 0 Å². The summed E-state index contributed by atoms with van der Waals surface area (Å²) in [5, 5.41) is 3.28. The van der Waals surface area contributed by atoms with Crippen molar-refractivity contribution in [1.82, 2.24) is 15.1 Å². The minimum absolute atomic E-state index is 0. The van der Waals surface area contributed by atoms with E-state index in [0.29, 0.717) is 12.5 Å². The summed E-state index contributed by atoms with van der Waals surface area (Å²) in [6, 6.07) is 21.3. The molecule has 1 N–H and O–H groups in total. The fraction of sp³-hybridized carbons (Fsp3) is 0.500. The van der Waals surface area contributed by atoms with Gasteiger partial charge in [-0.2, -0.15) is 0 Å². The minimum Gasteiger partial charge on any atom is -0.342 e. The zero-order chi connectivity index (χ0) is 21.6. The molecule has 1 saturated heterocycles. The highest BCUT2D eigenvalue weighted by atomic mass is 35.5. The van der Waals surface area contributed by atoms with Crippen molar-refractivity contribution in [2.75, 3.05) is 40.8 Å². The number of amides is 1. The zero-order valence-electron chi connectivity index (χ0n) is 19.8. The lowest BCUT2D eigenvalue weighted by Gasteiger charge is -2.47. The van der Waals surface area contributed by atoms with Crippen LogP contribution in [0, 0.1) is 5.92 Å². The van der Waals surface area contributed by atoms with E-state index in [9.17, 15) is 4.79 Å². The van der Waals surface area contributed by atoms with Crippen LogP contribution in [0.1, 0.15) is 43.2 Å². The maximum Gasteiger partial charge on any atom is 0.227 e. The van der Waals surface area contributed by atoms with Gasteiger partial charge in [-0.25, -0.2) is 0 Å². The van der Waals surface area contributed by atoms with Gasteiger partial charge in [0.05, 0.1) is 5.92 Å². The molecule has 0 saturated carbocycles. The summed E-state index contributed by atoms with van der Waals surface area (Å²) >= 11 is 0. The zero-order valence-corrected chi connectivity index (χ0v) is 21.4. The van der Waals surface area contributed by atoms with Crippen molar-refractivity contribution in [2.45, 2.75) is 37.6 Å². The molecule has 0 radical (unpaired) electrons. The van der Waals surface area contributed by atoms with E-state index in [-0.39, 0.29) is 42.2 Å². The number of carbonyl (C=O) groups is 1. The number of piperidine rings is 1. The molecule has 0 aliphatic carbocycles. The first-order chi connectivity index (χ1) is 14.5. The third-order valence-corrected chi connectivity index (χ3v) is 6.96. The van der Waals surface area contributed by atoms with Gasteiger partial charge in [-0.3, -0.25) is 9.69 Å². The van der Waals surface area contributed by atoms with Crippen molar-refractivity contribution in [2.24, 2.45) is 5.92 Å². The highest BCUT2D eigenvalue weighted by molar-refractivity contribution is 5.85. The third kappa shape index (κ3) is 6.05. The third-order valence-electron chi connectivity index (χ3n) is 6.96. The monoisotopic (exact) mass is 479 g/mol. The Balaban J connectivity index is 0.00000256. The normalized spacial score (nSPS) is 17.1. The van der Waals surface area contributed by atoms with Crippen molar-refractivity contribution < 1.29 is 4.79 Å². The fourth-order valence-corrected chi connectivity index (χ4v) is 5.15. The molecule has 0 aromatic heterocycles. The Hall–Kier alpha value is -1.59. The molecular formula is C26H39Cl2N3O. The Morgan fingerprint density at radius 2 is 1.53 bits per heavy atom. The van der Waals surface area contributed by atoms with Crippen LogP contribution in [0.15, 0.2) is 60.7 Å². The van der Waals surface area contributed by atoms with Crippen LogP contribution in [0.4, 0.5) is 0 Å². The van der Waals surface area contributed by atoms with E-state index in [4.69, 9.17) is 0 Å². The number of likely N-dealkylation sites (tertiary alicyclic amines) is 1. The molecule has 1 aliphatic heterocycles. The lowest BCUT2D eigenvalue weighted by Crippen LogP contribution is -2.53. The van der Waals surface area contributed by atoms with Crippen molar-refractivity contribution >= 4 is 30.7 Å². The molecule has 2 aromatic rings. The Labute approximate surface area is 206 Å². The van der Waals surface area contributed by atoms with E-state index in [1.807, 2.05) is 13.1 Å². The number of rotatable bonds is 8. The van der Waals surface area contributed by atoms with E-state index in [0.717, 1.165) is 32.4 Å². The number of nitrogens with one attached hydrogen (secondary N) is 1. The van der Waals surface area contributed by atoms with Crippen LogP contribution in [-0.4, -0.2) is 56.5 Å². The molecule has 1 amide bonds. The summed E-state index contributed by atoms with van der Waals surface area (Å²) in [6.45, 7) is 4.51. The standard InChI is InChI=1S/C26H37N3O.2ClH/c1-5-23(21-12-8-6-9-13-21)24(20-27-2)25(30)29-18-16-26(17-19-29,28(3)4)22-14-10-7-11-15-22;;/h6-15,23-24,27H,5,16-20H2,1-4H3;2*1H/t23-,24+;;/m0../s1. The summed E-state index contributed by atoms with van der Waals surface area (Å²) < 4.78 is 0. The average Bonchev–Trinajstić information content (AvgIpc) is 2.80. The van der Waals surface area contributed by atoms with Crippen molar-refractivity contribution in [3.05, 3.63) is 71.8 Å². The SMILES string of the molecule is CC[C@@H](c1ccccc1)[C@@H](CNC)C(=O)N1CCC(c2ccccc2)(N(C)C)CC1.Cl.Cl. The molecule has 32 heavy (non-hydrogen) atoms. The predicted octanol–water partition coefficient (Wildman–Crippen LogP) is 4.94. The number of hydrogen-bond acceptors (Lipinski definition) is 3. The summed E-state index contributed by atoms with van der Waals surface area (Å²) in [6.07, 6.45) is 2.88.